The number of piperidine rings is 1. The highest BCUT2D eigenvalue weighted by atomic mass is 19.1. The zero-order valence-corrected chi connectivity index (χ0v) is 16.7. The third-order valence-electron chi connectivity index (χ3n) is 5.22. The van der Waals surface area contributed by atoms with Crippen LogP contribution >= 0.6 is 0 Å². The molecule has 0 radical (unpaired) electrons. The highest BCUT2D eigenvalue weighted by Gasteiger charge is 2.26. The summed E-state index contributed by atoms with van der Waals surface area (Å²) in [5, 5.41) is 11.2. The Bertz CT molecular complexity index is 998. The number of carbonyl (C=O) groups excluding carboxylic acids is 1. The van der Waals surface area contributed by atoms with E-state index in [0.717, 1.165) is 25.9 Å². The molecule has 1 fully saturated rings. The molecule has 0 bridgehead atoms. The van der Waals surface area contributed by atoms with Crippen LogP contribution in [0.5, 0.6) is 5.75 Å². The van der Waals surface area contributed by atoms with Crippen molar-refractivity contribution in [3.05, 3.63) is 60.2 Å². The summed E-state index contributed by atoms with van der Waals surface area (Å²) in [6, 6.07) is 13.3. The van der Waals surface area contributed by atoms with E-state index in [1.807, 2.05) is 24.3 Å². The maximum absolute atomic E-state index is 13.1. The van der Waals surface area contributed by atoms with E-state index < -0.39 is 0 Å². The summed E-state index contributed by atoms with van der Waals surface area (Å²) >= 11 is 0. The molecule has 1 aliphatic heterocycles. The van der Waals surface area contributed by atoms with Crippen LogP contribution in [0.15, 0.2) is 52.9 Å². The number of nitrogens with zero attached hydrogens (tertiary/aromatic N) is 3. The number of amides is 1. The molecule has 1 aliphatic rings. The monoisotopic (exact) mass is 410 g/mol. The number of para-hydroxylation sites is 2. The summed E-state index contributed by atoms with van der Waals surface area (Å²) in [7, 11) is 1.58. The molecule has 30 heavy (non-hydrogen) atoms. The molecule has 4 rings (SSSR count). The lowest BCUT2D eigenvalue weighted by Crippen LogP contribution is -2.38. The van der Waals surface area contributed by atoms with Crippen molar-refractivity contribution in [3.8, 4) is 17.2 Å². The normalized spacial score (nSPS) is 15.1. The molecule has 1 aromatic heterocycles. The SMILES string of the molecule is COc1ccccc1NC(=O)CN1CCC(c2nnc(-c3ccc(F)cc3)o2)CC1. The van der Waals surface area contributed by atoms with Gasteiger partial charge < -0.3 is 14.5 Å². The first kappa shape index (κ1) is 20.0. The highest BCUT2D eigenvalue weighted by Crippen LogP contribution is 2.29. The van der Waals surface area contributed by atoms with Gasteiger partial charge in [0.25, 0.3) is 0 Å². The third kappa shape index (κ3) is 4.65. The molecule has 156 valence electrons. The molecule has 2 aromatic carbocycles. The predicted molar refractivity (Wildman–Crippen MR) is 110 cm³/mol. The second kappa shape index (κ2) is 9.04. The number of aromatic nitrogens is 2. The lowest BCUT2D eigenvalue weighted by Gasteiger charge is -2.29. The molecule has 1 amide bonds. The Balaban J connectivity index is 1.30. The molecule has 7 nitrogen and oxygen atoms in total. The number of hydrogen-bond acceptors (Lipinski definition) is 6. The topological polar surface area (TPSA) is 80.5 Å². The minimum atomic E-state index is -0.305. The van der Waals surface area contributed by atoms with Crippen molar-refractivity contribution in [3.63, 3.8) is 0 Å². The van der Waals surface area contributed by atoms with Gasteiger partial charge in [0, 0.05) is 11.5 Å². The van der Waals surface area contributed by atoms with E-state index in [0.29, 0.717) is 35.3 Å². The summed E-state index contributed by atoms with van der Waals surface area (Å²) in [5.41, 5.74) is 1.36. The van der Waals surface area contributed by atoms with Crippen molar-refractivity contribution in [2.75, 3.05) is 32.1 Å². The van der Waals surface area contributed by atoms with E-state index in [4.69, 9.17) is 9.15 Å². The van der Waals surface area contributed by atoms with Gasteiger partial charge in [-0.15, -0.1) is 10.2 Å². The Kier molecular flexibility index (Phi) is 6.04. The van der Waals surface area contributed by atoms with E-state index in [1.165, 1.54) is 12.1 Å². The number of carbonyl (C=O) groups is 1. The van der Waals surface area contributed by atoms with Gasteiger partial charge in [0.2, 0.25) is 17.7 Å². The zero-order chi connectivity index (χ0) is 20.9. The van der Waals surface area contributed by atoms with Crippen LogP contribution in [0.4, 0.5) is 10.1 Å². The number of likely N-dealkylation sites (tertiary alicyclic amines) is 1. The van der Waals surface area contributed by atoms with Gasteiger partial charge in [-0.25, -0.2) is 4.39 Å². The summed E-state index contributed by atoms with van der Waals surface area (Å²) in [5.74, 6) is 1.39. The minimum absolute atomic E-state index is 0.0747. The van der Waals surface area contributed by atoms with Gasteiger partial charge in [0.05, 0.1) is 19.3 Å². The fourth-order valence-corrected chi connectivity index (χ4v) is 3.59. The van der Waals surface area contributed by atoms with Crippen LogP contribution in [-0.2, 0) is 4.79 Å². The Labute approximate surface area is 173 Å². The number of hydrogen-bond donors (Lipinski definition) is 1. The molecule has 1 N–H and O–H groups in total. The number of methoxy groups -OCH3 is 1. The standard InChI is InChI=1S/C22H23FN4O3/c1-29-19-5-3-2-4-18(19)24-20(28)14-27-12-10-16(11-13-27)22-26-25-21(30-22)15-6-8-17(23)9-7-15/h2-9,16H,10-14H2,1H3,(H,24,28). The first-order valence-corrected chi connectivity index (χ1v) is 9.87. The maximum Gasteiger partial charge on any atom is 0.247 e. The summed E-state index contributed by atoms with van der Waals surface area (Å²) < 4.78 is 24.2. The van der Waals surface area contributed by atoms with Crippen LogP contribution in [0.3, 0.4) is 0 Å². The molecule has 1 saturated heterocycles. The zero-order valence-electron chi connectivity index (χ0n) is 16.7. The Morgan fingerprint density at radius 3 is 2.63 bits per heavy atom. The van der Waals surface area contributed by atoms with Gasteiger partial charge >= 0.3 is 0 Å². The fraction of sp³-hybridized carbons (Fsp3) is 0.318. The van der Waals surface area contributed by atoms with E-state index in [-0.39, 0.29) is 17.6 Å². The van der Waals surface area contributed by atoms with Crippen molar-refractivity contribution < 1.29 is 18.3 Å². The summed E-state index contributed by atoms with van der Waals surface area (Å²) in [4.78, 5) is 14.5. The third-order valence-corrected chi connectivity index (χ3v) is 5.22. The van der Waals surface area contributed by atoms with Crippen LogP contribution in [0.1, 0.15) is 24.7 Å². The van der Waals surface area contributed by atoms with Crippen LogP contribution < -0.4 is 10.1 Å². The highest BCUT2D eigenvalue weighted by molar-refractivity contribution is 5.93. The van der Waals surface area contributed by atoms with Gasteiger partial charge in [0.1, 0.15) is 11.6 Å². The van der Waals surface area contributed by atoms with Gasteiger partial charge in [-0.3, -0.25) is 9.69 Å². The minimum Gasteiger partial charge on any atom is -0.495 e. The van der Waals surface area contributed by atoms with Crippen molar-refractivity contribution in [1.29, 1.82) is 0 Å². The molecule has 0 unspecified atom stereocenters. The fourth-order valence-electron chi connectivity index (χ4n) is 3.59. The van der Waals surface area contributed by atoms with E-state index in [9.17, 15) is 9.18 Å². The molecular formula is C22H23FN4O3. The maximum atomic E-state index is 13.1. The summed E-state index contributed by atoms with van der Waals surface area (Å²) in [6.07, 6.45) is 1.65. The van der Waals surface area contributed by atoms with Crippen LogP contribution in [-0.4, -0.2) is 47.7 Å². The van der Waals surface area contributed by atoms with Crippen molar-refractivity contribution in [2.45, 2.75) is 18.8 Å². The molecule has 0 atom stereocenters. The molecule has 2 heterocycles. The lowest BCUT2D eigenvalue weighted by molar-refractivity contribution is -0.117. The number of benzene rings is 2. The Morgan fingerprint density at radius 1 is 1.17 bits per heavy atom. The van der Waals surface area contributed by atoms with Crippen LogP contribution in [0, 0.1) is 5.82 Å². The van der Waals surface area contributed by atoms with Crippen molar-refractivity contribution in [1.82, 2.24) is 15.1 Å². The molecule has 3 aromatic rings. The second-order valence-corrected chi connectivity index (χ2v) is 7.25. The van der Waals surface area contributed by atoms with E-state index >= 15 is 0 Å². The number of anilines is 1. The predicted octanol–water partition coefficient (Wildman–Crippen LogP) is 3.70. The first-order valence-electron chi connectivity index (χ1n) is 9.87. The molecule has 8 heteroatoms. The first-order chi connectivity index (χ1) is 14.6. The lowest BCUT2D eigenvalue weighted by atomic mass is 9.97. The molecule has 0 spiro atoms. The van der Waals surface area contributed by atoms with Gasteiger partial charge in [0.15, 0.2) is 0 Å². The molecule has 0 saturated carbocycles. The van der Waals surface area contributed by atoms with E-state index in [2.05, 4.69) is 20.4 Å². The van der Waals surface area contributed by atoms with Crippen molar-refractivity contribution in [2.24, 2.45) is 0 Å². The average Bonchev–Trinajstić information content (AvgIpc) is 3.25. The Morgan fingerprint density at radius 2 is 1.90 bits per heavy atom. The number of ether oxygens (including phenoxy) is 1. The van der Waals surface area contributed by atoms with Crippen LogP contribution in [0.25, 0.3) is 11.5 Å². The molecular weight excluding hydrogens is 387 g/mol. The van der Waals surface area contributed by atoms with Crippen molar-refractivity contribution >= 4 is 11.6 Å². The van der Waals surface area contributed by atoms with Crippen LogP contribution in [0.2, 0.25) is 0 Å². The number of rotatable bonds is 6. The van der Waals surface area contributed by atoms with Gasteiger partial charge in [-0.1, -0.05) is 12.1 Å². The quantitative estimate of drug-likeness (QED) is 0.667. The molecule has 0 aliphatic carbocycles. The number of halogens is 1. The smallest absolute Gasteiger partial charge is 0.247 e. The average molecular weight is 410 g/mol. The van der Waals surface area contributed by atoms with Gasteiger partial charge in [-0.2, -0.15) is 0 Å². The summed E-state index contributed by atoms with van der Waals surface area (Å²) in [6.45, 7) is 1.84. The largest absolute Gasteiger partial charge is 0.495 e. The van der Waals surface area contributed by atoms with E-state index in [1.54, 1.807) is 19.2 Å². The van der Waals surface area contributed by atoms with Gasteiger partial charge in [-0.05, 0) is 62.3 Å². The second-order valence-electron chi connectivity index (χ2n) is 7.25. The Hall–Kier alpha value is -3.26. The number of nitrogens with one attached hydrogen (secondary N) is 1.